The van der Waals surface area contributed by atoms with Gasteiger partial charge in [0.05, 0.1) is 12.0 Å². The Labute approximate surface area is 182 Å². The maximum Gasteiger partial charge on any atom is 0.351 e. The lowest BCUT2D eigenvalue weighted by Gasteiger charge is -2.13. The molecule has 5 aromatic rings. The van der Waals surface area contributed by atoms with Crippen LogP contribution in [0, 0.1) is 5.82 Å². The zero-order chi connectivity index (χ0) is 21.9. The fourth-order valence-electron chi connectivity index (χ4n) is 3.46. The van der Waals surface area contributed by atoms with Crippen LogP contribution in [0.25, 0.3) is 22.1 Å². The first-order valence-corrected chi connectivity index (χ1v) is 9.95. The molecule has 0 atom stereocenters. The number of halogens is 1. The topological polar surface area (TPSA) is 95.8 Å². The fourth-order valence-corrected chi connectivity index (χ4v) is 3.46. The number of nitrogens with zero attached hydrogens (tertiary/aromatic N) is 2. The van der Waals surface area contributed by atoms with Crippen LogP contribution in [-0.4, -0.2) is 15.0 Å². The molecule has 2 aromatic heterocycles. The van der Waals surface area contributed by atoms with Gasteiger partial charge in [0.25, 0.3) is 0 Å². The summed E-state index contributed by atoms with van der Waals surface area (Å²) in [6.45, 7) is 0.402. The monoisotopic (exact) mass is 427 g/mol. The number of anilines is 3. The second kappa shape index (κ2) is 8.35. The largest absolute Gasteiger partial charge is 0.464 e. The van der Waals surface area contributed by atoms with Crippen LogP contribution in [0.5, 0.6) is 0 Å². The molecular weight excluding hydrogens is 409 g/mol. The first-order chi connectivity index (χ1) is 15.7. The van der Waals surface area contributed by atoms with Crippen molar-refractivity contribution in [2.75, 3.05) is 10.6 Å². The molecule has 0 unspecified atom stereocenters. The Morgan fingerprint density at radius 2 is 1.84 bits per heavy atom. The standard InChI is InChI=1S/C24H18FN5O2/c25-19-8-4-7-18(16-5-2-1-3-6-16)21(19)27-23-28-22(29-24(31)30-23)26-14-15-9-10-20-17(13-15)11-12-32-20/h1-13H,14H2,(H3,26,27,28,29,30,31). The summed E-state index contributed by atoms with van der Waals surface area (Å²) in [5.74, 6) is -0.255. The van der Waals surface area contributed by atoms with Crippen LogP contribution in [0.3, 0.4) is 0 Å². The highest BCUT2D eigenvalue weighted by Crippen LogP contribution is 2.31. The SMILES string of the molecule is O=c1nc(NCc2ccc3occc3c2)nc(Nc2c(F)cccc2-c2ccccc2)[nH]1. The van der Waals surface area contributed by atoms with Crippen molar-refractivity contribution < 1.29 is 8.81 Å². The van der Waals surface area contributed by atoms with Gasteiger partial charge in [0.2, 0.25) is 11.9 Å². The summed E-state index contributed by atoms with van der Waals surface area (Å²) in [5, 5.41) is 6.92. The molecule has 7 nitrogen and oxygen atoms in total. The number of hydrogen-bond donors (Lipinski definition) is 3. The summed E-state index contributed by atoms with van der Waals surface area (Å²) in [6, 6.07) is 21.8. The van der Waals surface area contributed by atoms with E-state index in [0.717, 1.165) is 22.1 Å². The van der Waals surface area contributed by atoms with E-state index in [-0.39, 0.29) is 17.6 Å². The Morgan fingerprint density at radius 3 is 2.72 bits per heavy atom. The molecule has 3 aromatic carbocycles. The van der Waals surface area contributed by atoms with Crippen molar-refractivity contribution in [1.29, 1.82) is 0 Å². The van der Waals surface area contributed by atoms with Gasteiger partial charge in [-0.25, -0.2) is 9.18 Å². The number of aromatic amines is 1. The van der Waals surface area contributed by atoms with E-state index in [1.54, 1.807) is 18.4 Å². The van der Waals surface area contributed by atoms with E-state index in [1.165, 1.54) is 6.07 Å². The molecule has 8 heteroatoms. The Morgan fingerprint density at radius 1 is 0.969 bits per heavy atom. The molecule has 0 amide bonds. The van der Waals surface area contributed by atoms with Crippen molar-refractivity contribution >= 4 is 28.6 Å². The molecule has 5 rings (SSSR count). The quantitative estimate of drug-likeness (QED) is 0.350. The lowest BCUT2D eigenvalue weighted by atomic mass is 10.0. The minimum atomic E-state index is -0.604. The van der Waals surface area contributed by atoms with Gasteiger partial charge in [0.15, 0.2) is 0 Å². The normalized spacial score (nSPS) is 10.9. The average molecular weight is 427 g/mol. The van der Waals surface area contributed by atoms with E-state index < -0.39 is 11.5 Å². The minimum absolute atomic E-state index is 0.0834. The molecule has 2 heterocycles. The van der Waals surface area contributed by atoms with Crippen LogP contribution >= 0.6 is 0 Å². The molecule has 0 radical (unpaired) electrons. The zero-order valence-corrected chi connectivity index (χ0v) is 16.8. The number of fused-ring (bicyclic) bond motifs is 1. The minimum Gasteiger partial charge on any atom is -0.464 e. The van der Waals surface area contributed by atoms with E-state index in [0.29, 0.717) is 12.1 Å². The first-order valence-electron chi connectivity index (χ1n) is 9.95. The van der Waals surface area contributed by atoms with Gasteiger partial charge in [0.1, 0.15) is 11.4 Å². The molecule has 158 valence electrons. The summed E-state index contributed by atoms with van der Waals surface area (Å²) in [4.78, 5) is 22.8. The van der Waals surface area contributed by atoms with Crippen LogP contribution in [0.4, 0.5) is 22.0 Å². The fraction of sp³-hybridized carbons (Fsp3) is 0.0417. The zero-order valence-electron chi connectivity index (χ0n) is 16.8. The second-order valence-electron chi connectivity index (χ2n) is 7.13. The molecule has 0 fully saturated rings. The van der Waals surface area contributed by atoms with Crippen molar-refractivity contribution in [3.8, 4) is 11.1 Å². The number of furan rings is 1. The molecule has 0 aliphatic heterocycles. The number of para-hydroxylation sites is 1. The van der Waals surface area contributed by atoms with Crippen molar-refractivity contribution in [3.05, 3.63) is 101 Å². The van der Waals surface area contributed by atoms with E-state index in [4.69, 9.17) is 4.42 Å². The highest BCUT2D eigenvalue weighted by atomic mass is 19.1. The number of rotatable bonds is 6. The molecule has 3 N–H and O–H groups in total. The van der Waals surface area contributed by atoms with Crippen molar-refractivity contribution in [2.45, 2.75) is 6.54 Å². The van der Waals surface area contributed by atoms with Crippen LogP contribution < -0.4 is 16.3 Å². The van der Waals surface area contributed by atoms with E-state index in [2.05, 4.69) is 25.6 Å². The van der Waals surface area contributed by atoms with Crippen molar-refractivity contribution in [1.82, 2.24) is 15.0 Å². The van der Waals surface area contributed by atoms with Gasteiger partial charge in [-0.1, -0.05) is 48.5 Å². The lowest BCUT2D eigenvalue weighted by Crippen LogP contribution is -2.18. The highest BCUT2D eigenvalue weighted by Gasteiger charge is 2.13. The predicted octanol–water partition coefficient (Wildman–Crippen LogP) is 5.07. The smallest absolute Gasteiger partial charge is 0.351 e. The molecule has 0 saturated heterocycles. The third-order valence-electron chi connectivity index (χ3n) is 4.96. The van der Waals surface area contributed by atoms with Gasteiger partial charge in [-0.2, -0.15) is 9.97 Å². The summed E-state index contributed by atoms with van der Waals surface area (Å²) in [5.41, 5.74) is 2.86. The molecule has 0 saturated carbocycles. The number of hydrogen-bond acceptors (Lipinski definition) is 6. The number of aromatic nitrogens is 3. The Bertz CT molecular complexity index is 1450. The van der Waals surface area contributed by atoms with Crippen molar-refractivity contribution in [3.63, 3.8) is 0 Å². The Kier molecular flexibility index (Phi) is 5.09. The Balaban J connectivity index is 1.40. The van der Waals surface area contributed by atoms with Gasteiger partial charge in [-0.3, -0.25) is 4.98 Å². The van der Waals surface area contributed by atoms with E-state index >= 15 is 0 Å². The second-order valence-corrected chi connectivity index (χ2v) is 7.13. The van der Waals surface area contributed by atoms with E-state index in [9.17, 15) is 9.18 Å². The molecular formula is C24H18FN5O2. The van der Waals surface area contributed by atoms with Crippen LogP contribution in [-0.2, 0) is 6.54 Å². The first kappa shape index (κ1) is 19.5. The number of benzene rings is 3. The van der Waals surface area contributed by atoms with E-state index in [1.807, 2.05) is 54.6 Å². The maximum atomic E-state index is 14.7. The summed E-state index contributed by atoms with van der Waals surface area (Å²) in [7, 11) is 0. The molecule has 0 aliphatic rings. The van der Waals surface area contributed by atoms with Gasteiger partial charge >= 0.3 is 5.69 Å². The Hall–Kier alpha value is -4.46. The van der Waals surface area contributed by atoms with Crippen LogP contribution in [0.1, 0.15) is 5.56 Å². The lowest BCUT2D eigenvalue weighted by molar-refractivity contribution is 0.616. The third-order valence-corrected chi connectivity index (χ3v) is 4.96. The summed E-state index contributed by atoms with van der Waals surface area (Å²) < 4.78 is 20.0. The molecule has 0 spiro atoms. The average Bonchev–Trinajstić information content (AvgIpc) is 3.27. The molecule has 32 heavy (non-hydrogen) atoms. The molecule has 0 bridgehead atoms. The van der Waals surface area contributed by atoms with Crippen LogP contribution in [0.15, 0.2) is 88.3 Å². The summed E-state index contributed by atoms with van der Waals surface area (Å²) >= 11 is 0. The number of nitrogens with one attached hydrogen (secondary N) is 3. The van der Waals surface area contributed by atoms with Gasteiger partial charge < -0.3 is 15.1 Å². The van der Waals surface area contributed by atoms with Crippen LogP contribution in [0.2, 0.25) is 0 Å². The van der Waals surface area contributed by atoms with Gasteiger partial charge in [-0.15, -0.1) is 0 Å². The summed E-state index contributed by atoms with van der Waals surface area (Å²) in [6.07, 6.45) is 1.63. The highest BCUT2D eigenvalue weighted by molar-refractivity contribution is 5.80. The van der Waals surface area contributed by atoms with Gasteiger partial charge in [0, 0.05) is 17.5 Å². The molecule has 0 aliphatic carbocycles. The van der Waals surface area contributed by atoms with Crippen molar-refractivity contribution in [2.24, 2.45) is 0 Å². The third kappa shape index (κ3) is 4.06. The predicted molar refractivity (Wildman–Crippen MR) is 121 cm³/mol. The number of H-pyrrole nitrogens is 1. The maximum absolute atomic E-state index is 14.7. The van der Waals surface area contributed by atoms with Gasteiger partial charge in [-0.05, 0) is 35.4 Å².